The van der Waals surface area contributed by atoms with Crippen LogP contribution in [0.5, 0.6) is 0 Å². The van der Waals surface area contributed by atoms with Gasteiger partial charge in [0.05, 0.1) is 5.71 Å². The Bertz CT molecular complexity index is 607. The molecular weight excluding hydrogens is 242 g/mol. The van der Waals surface area contributed by atoms with Crippen molar-refractivity contribution in [3.63, 3.8) is 0 Å². The average Bonchev–Trinajstić information content (AvgIpc) is 2.53. The molecule has 0 atom stereocenters. The van der Waals surface area contributed by atoms with Crippen molar-refractivity contribution in [1.82, 2.24) is 0 Å². The molecule has 1 nitrogen and oxygen atoms in total. The molecule has 0 saturated heterocycles. The van der Waals surface area contributed by atoms with Crippen LogP contribution in [0.2, 0.25) is 0 Å². The van der Waals surface area contributed by atoms with E-state index in [4.69, 9.17) is 0 Å². The maximum Gasteiger partial charge on any atom is 0.0720 e. The highest BCUT2D eigenvalue weighted by atomic mass is 14.7. The van der Waals surface area contributed by atoms with E-state index >= 15 is 0 Å². The van der Waals surface area contributed by atoms with E-state index in [0.717, 1.165) is 12.1 Å². The number of benzene rings is 2. The van der Waals surface area contributed by atoms with Crippen molar-refractivity contribution < 1.29 is 0 Å². The number of hydrogen-bond acceptors (Lipinski definition) is 1. The third kappa shape index (κ3) is 3.05. The van der Waals surface area contributed by atoms with Gasteiger partial charge in [0, 0.05) is 18.2 Å². The van der Waals surface area contributed by atoms with Crippen LogP contribution in [0.25, 0.3) is 5.57 Å². The maximum atomic E-state index is 4.56. The Morgan fingerprint density at radius 3 is 1.80 bits per heavy atom. The first-order valence-electron chi connectivity index (χ1n) is 7.05. The van der Waals surface area contributed by atoms with Crippen LogP contribution in [0.3, 0.4) is 0 Å². The first-order chi connectivity index (χ1) is 9.77. The largest absolute Gasteiger partial charge is 0.287 e. The van der Waals surface area contributed by atoms with Gasteiger partial charge in [0.15, 0.2) is 0 Å². The van der Waals surface area contributed by atoms with Crippen LogP contribution < -0.4 is 0 Å². The van der Waals surface area contributed by atoms with Gasteiger partial charge in [-0.15, -0.1) is 0 Å². The minimum Gasteiger partial charge on any atom is -0.287 e. The molecule has 0 unspecified atom stereocenters. The third-order valence-electron chi connectivity index (χ3n) is 3.53. The van der Waals surface area contributed by atoms with Crippen LogP contribution in [0.15, 0.2) is 71.2 Å². The smallest absolute Gasteiger partial charge is 0.0720 e. The molecule has 0 fully saturated rings. The van der Waals surface area contributed by atoms with Crippen LogP contribution in [-0.4, -0.2) is 12.8 Å². The van der Waals surface area contributed by atoms with Gasteiger partial charge in [-0.25, -0.2) is 0 Å². The van der Waals surface area contributed by atoms with Crippen molar-refractivity contribution in [2.24, 2.45) is 4.99 Å². The van der Waals surface area contributed by atoms with E-state index in [-0.39, 0.29) is 0 Å². The zero-order chi connectivity index (χ0) is 14.4. The van der Waals surface area contributed by atoms with Gasteiger partial charge < -0.3 is 0 Å². The quantitative estimate of drug-likeness (QED) is 0.689. The number of allylic oxidation sites excluding steroid dienone is 2. The maximum absolute atomic E-state index is 4.56. The predicted molar refractivity (Wildman–Crippen MR) is 88.2 cm³/mol. The minimum atomic E-state index is 1.02. The van der Waals surface area contributed by atoms with Gasteiger partial charge in [0.1, 0.15) is 0 Å². The number of rotatable bonds is 4. The average molecular weight is 263 g/mol. The fraction of sp³-hybridized carbons (Fsp3) is 0.211. The predicted octanol–water partition coefficient (Wildman–Crippen LogP) is 4.99. The highest BCUT2D eigenvalue weighted by Gasteiger charge is 2.13. The molecule has 0 aliphatic heterocycles. The molecule has 2 aromatic carbocycles. The van der Waals surface area contributed by atoms with Crippen LogP contribution in [0.1, 0.15) is 31.4 Å². The summed E-state index contributed by atoms with van der Waals surface area (Å²) in [7, 11) is 1.87. The molecule has 20 heavy (non-hydrogen) atoms. The van der Waals surface area contributed by atoms with Crippen molar-refractivity contribution in [3.8, 4) is 0 Å². The lowest BCUT2D eigenvalue weighted by Crippen LogP contribution is -2.06. The summed E-state index contributed by atoms with van der Waals surface area (Å²) >= 11 is 0. The molecule has 0 spiro atoms. The second-order valence-electron chi connectivity index (χ2n) is 4.81. The summed E-state index contributed by atoms with van der Waals surface area (Å²) < 4.78 is 0. The zero-order valence-corrected chi connectivity index (χ0v) is 12.4. The lowest BCUT2D eigenvalue weighted by atomic mass is 9.91. The molecule has 0 radical (unpaired) electrons. The first-order valence-corrected chi connectivity index (χ1v) is 7.05. The molecule has 2 aromatic rings. The van der Waals surface area contributed by atoms with E-state index in [2.05, 4.69) is 67.4 Å². The summed E-state index contributed by atoms with van der Waals surface area (Å²) in [5.74, 6) is 0. The van der Waals surface area contributed by atoms with E-state index in [1.807, 2.05) is 19.2 Å². The highest BCUT2D eigenvalue weighted by Crippen LogP contribution is 2.25. The SMILES string of the molecule is CC/C(C)=C(/C(=NC)c1ccccc1)c1ccccc1. The van der Waals surface area contributed by atoms with Crippen molar-refractivity contribution >= 4 is 11.3 Å². The van der Waals surface area contributed by atoms with E-state index in [0.29, 0.717) is 0 Å². The van der Waals surface area contributed by atoms with Crippen molar-refractivity contribution in [3.05, 3.63) is 77.4 Å². The number of aliphatic imine (C=N–C) groups is 1. The molecule has 0 aliphatic carbocycles. The monoisotopic (exact) mass is 263 g/mol. The van der Waals surface area contributed by atoms with E-state index in [9.17, 15) is 0 Å². The van der Waals surface area contributed by atoms with E-state index < -0.39 is 0 Å². The molecule has 0 aromatic heterocycles. The van der Waals surface area contributed by atoms with Gasteiger partial charge in [-0.1, -0.05) is 73.2 Å². The standard InChI is InChI=1S/C19H21N/c1-4-15(2)18(16-11-7-5-8-12-16)19(20-3)17-13-9-6-10-14-17/h5-14H,4H2,1-3H3/b18-15+,20-19?. The van der Waals surface area contributed by atoms with Crippen LogP contribution >= 0.6 is 0 Å². The molecular formula is C19H21N. The summed E-state index contributed by atoms with van der Waals surface area (Å²) in [6.07, 6.45) is 1.02. The fourth-order valence-corrected chi connectivity index (χ4v) is 2.35. The second-order valence-corrected chi connectivity index (χ2v) is 4.81. The van der Waals surface area contributed by atoms with Gasteiger partial charge in [0.25, 0.3) is 0 Å². The number of hydrogen-bond donors (Lipinski definition) is 0. The van der Waals surface area contributed by atoms with Crippen LogP contribution in [0.4, 0.5) is 0 Å². The van der Waals surface area contributed by atoms with E-state index in [1.54, 1.807) is 0 Å². The summed E-state index contributed by atoms with van der Waals surface area (Å²) in [5.41, 5.74) is 6.08. The first kappa shape index (κ1) is 14.3. The van der Waals surface area contributed by atoms with Gasteiger partial charge in [-0.05, 0) is 18.9 Å². The fourth-order valence-electron chi connectivity index (χ4n) is 2.35. The topological polar surface area (TPSA) is 12.4 Å². The van der Waals surface area contributed by atoms with Gasteiger partial charge in [-0.2, -0.15) is 0 Å². The third-order valence-corrected chi connectivity index (χ3v) is 3.53. The zero-order valence-electron chi connectivity index (χ0n) is 12.4. The Hall–Kier alpha value is -2.15. The van der Waals surface area contributed by atoms with Gasteiger partial charge in [-0.3, -0.25) is 4.99 Å². The number of nitrogens with zero attached hydrogens (tertiary/aromatic N) is 1. The van der Waals surface area contributed by atoms with Crippen LogP contribution in [0, 0.1) is 0 Å². The Labute approximate surface area is 121 Å². The molecule has 0 saturated carbocycles. The highest BCUT2D eigenvalue weighted by molar-refractivity contribution is 6.32. The summed E-state index contributed by atoms with van der Waals surface area (Å²) in [5, 5.41) is 0. The van der Waals surface area contributed by atoms with Gasteiger partial charge >= 0.3 is 0 Å². The molecule has 0 N–H and O–H groups in total. The summed E-state index contributed by atoms with van der Waals surface area (Å²) in [6, 6.07) is 20.9. The Balaban J connectivity index is 2.59. The Morgan fingerprint density at radius 2 is 1.35 bits per heavy atom. The molecule has 0 heterocycles. The van der Waals surface area contributed by atoms with Crippen molar-refractivity contribution in [2.45, 2.75) is 20.3 Å². The normalized spacial score (nSPS) is 13.1. The summed E-state index contributed by atoms with van der Waals surface area (Å²) in [6.45, 7) is 4.38. The molecule has 0 bridgehead atoms. The lowest BCUT2D eigenvalue weighted by molar-refractivity contribution is 1.11. The second kappa shape index (κ2) is 6.85. The molecule has 2 rings (SSSR count). The molecule has 102 valence electrons. The van der Waals surface area contributed by atoms with Crippen molar-refractivity contribution in [2.75, 3.05) is 7.05 Å². The molecule has 0 amide bonds. The van der Waals surface area contributed by atoms with Crippen molar-refractivity contribution in [1.29, 1.82) is 0 Å². The lowest BCUT2D eigenvalue weighted by Gasteiger charge is -2.15. The molecule has 0 aliphatic rings. The minimum absolute atomic E-state index is 1.02. The Morgan fingerprint density at radius 1 is 0.850 bits per heavy atom. The summed E-state index contributed by atoms with van der Waals surface area (Å²) in [4.78, 5) is 4.56. The van der Waals surface area contributed by atoms with Gasteiger partial charge in [0.2, 0.25) is 0 Å². The molecule has 1 heteroatoms. The van der Waals surface area contributed by atoms with Crippen LogP contribution in [-0.2, 0) is 0 Å². The Kier molecular flexibility index (Phi) is 4.89. The van der Waals surface area contributed by atoms with E-state index in [1.165, 1.54) is 22.3 Å².